The van der Waals surface area contributed by atoms with Crippen LogP contribution in [0.5, 0.6) is 0 Å². The molecule has 0 radical (unpaired) electrons. The lowest BCUT2D eigenvalue weighted by Crippen LogP contribution is -2.11. The molecular formula is C52H48N2. The Hall–Kier alpha value is -6.38. The molecule has 0 aliphatic carbocycles. The summed E-state index contributed by atoms with van der Waals surface area (Å²) in [6, 6.07) is 57.2. The van der Waals surface area contributed by atoms with Crippen LogP contribution in [-0.4, -0.2) is 0 Å². The van der Waals surface area contributed by atoms with Gasteiger partial charge in [0.25, 0.3) is 0 Å². The fourth-order valence-corrected chi connectivity index (χ4v) is 6.93. The number of aryl methyl sites for hydroxylation is 6. The van der Waals surface area contributed by atoms with Gasteiger partial charge in [0.15, 0.2) is 0 Å². The molecule has 7 aromatic rings. The van der Waals surface area contributed by atoms with Crippen LogP contribution in [0.25, 0.3) is 24.3 Å². The van der Waals surface area contributed by atoms with E-state index in [1.54, 1.807) is 0 Å². The van der Waals surface area contributed by atoms with Gasteiger partial charge in [-0.2, -0.15) is 0 Å². The Morgan fingerprint density at radius 3 is 0.796 bits per heavy atom. The summed E-state index contributed by atoms with van der Waals surface area (Å²) in [6.45, 7) is 12.9. The van der Waals surface area contributed by atoms with Gasteiger partial charge in [0.05, 0.1) is 0 Å². The largest absolute Gasteiger partial charge is 0.310 e. The third-order valence-corrected chi connectivity index (χ3v) is 9.95. The molecule has 2 nitrogen and oxygen atoms in total. The number of hydrogen-bond donors (Lipinski definition) is 0. The second-order valence-electron chi connectivity index (χ2n) is 14.4. The molecule has 7 rings (SSSR count). The number of rotatable bonds is 10. The Balaban J connectivity index is 1.04. The van der Waals surface area contributed by atoms with Gasteiger partial charge in [-0.25, -0.2) is 0 Å². The Morgan fingerprint density at radius 2 is 0.519 bits per heavy atom. The predicted octanol–water partition coefficient (Wildman–Crippen LogP) is 14.8. The quantitative estimate of drug-likeness (QED) is 0.131. The van der Waals surface area contributed by atoms with Crippen LogP contribution in [0, 0.1) is 41.5 Å². The minimum atomic E-state index is 1.14. The molecule has 0 aliphatic rings. The van der Waals surface area contributed by atoms with Crippen molar-refractivity contribution in [2.45, 2.75) is 41.5 Å². The third kappa shape index (κ3) is 8.46. The Bertz CT molecular complexity index is 2220. The maximum absolute atomic E-state index is 2.34. The van der Waals surface area contributed by atoms with Gasteiger partial charge in [0.2, 0.25) is 0 Å². The van der Waals surface area contributed by atoms with E-state index < -0.39 is 0 Å². The van der Waals surface area contributed by atoms with E-state index >= 15 is 0 Å². The number of nitrogens with zero attached hydrogens (tertiary/aromatic N) is 2. The van der Waals surface area contributed by atoms with E-state index in [-0.39, 0.29) is 0 Å². The normalized spacial score (nSPS) is 11.4. The van der Waals surface area contributed by atoms with Gasteiger partial charge in [-0.3, -0.25) is 0 Å². The first-order valence-electron chi connectivity index (χ1n) is 18.7. The van der Waals surface area contributed by atoms with Crippen molar-refractivity contribution in [3.8, 4) is 0 Å². The molecule has 0 saturated carbocycles. The average molecular weight is 701 g/mol. The van der Waals surface area contributed by atoms with Crippen molar-refractivity contribution >= 4 is 58.4 Å². The molecule has 0 aliphatic heterocycles. The highest BCUT2D eigenvalue weighted by molar-refractivity contribution is 5.82. The van der Waals surface area contributed by atoms with Gasteiger partial charge in [0, 0.05) is 34.1 Å². The first kappa shape index (κ1) is 36.0. The maximum Gasteiger partial charge on any atom is 0.0490 e. The second kappa shape index (κ2) is 16.1. The monoisotopic (exact) mass is 700 g/mol. The molecule has 0 saturated heterocycles. The Morgan fingerprint density at radius 1 is 0.278 bits per heavy atom. The molecule has 266 valence electrons. The van der Waals surface area contributed by atoms with E-state index in [1.165, 1.54) is 55.9 Å². The van der Waals surface area contributed by atoms with E-state index in [2.05, 4.69) is 233 Å². The summed E-state index contributed by atoms with van der Waals surface area (Å²) in [4.78, 5) is 4.68. The van der Waals surface area contributed by atoms with Crippen LogP contribution in [0.4, 0.5) is 34.1 Å². The van der Waals surface area contributed by atoms with Crippen LogP contribution >= 0.6 is 0 Å². The first-order valence-corrected chi connectivity index (χ1v) is 18.7. The van der Waals surface area contributed by atoms with Crippen LogP contribution in [-0.2, 0) is 0 Å². The van der Waals surface area contributed by atoms with E-state index in [4.69, 9.17) is 0 Å². The molecule has 0 spiro atoms. The zero-order valence-electron chi connectivity index (χ0n) is 32.2. The Labute approximate surface area is 322 Å². The zero-order valence-corrected chi connectivity index (χ0v) is 32.2. The summed E-state index contributed by atoms with van der Waals surface area (Å²) >= 11 is 0. The number of benzene rings is 7. The van der Waals surface area contributed by atoms with Crippen LogP contribution in [0.15, 0.2) is 158 Å². The van der Waals surface area contributed by atoms with Crippen molar-refractivity contribution in [3.05, 3.63) is 213 Å². The summed E-state index contributed by atoms with van der Waals surface area (Å²) < 4.78 is 0. The Kier molecular flexibility index (Phi) is 10.7. The number of anilines is 6. The van der Waals surface area contributed by atoms with Gasteiger partial charge >= 0.3 is 0 Å². The minimum Gasteiger partial charge on any atom is -0.310 e. The zero-order chi connectivity index (χ0) is 37.6. The topological polar surface area (TPSA) is 6.48 Å². The maximum atomic E-state index is 2.34. The minimum absolute atomic E-state index is 1.14. The lowest BCUT2D eigenvalue weighted by Gasteiger charge is -2.27. The number of hydrogen-bond acceptors (Lipinski definition) is 2. The first-order chi connectivity index (χ1) is 26.2. The molecule has 0 fully saturated rings. The summed E-state index contributed by atoms with van der Waals surface area (Å²) in [7, 11) is 0. The van der Waals surface area contributed by atoms with E-state index in [0.717, 1.165) is 33.9 Å². The van der Waals surface area contributed by atoms with Crippen molar-refractivity contribution in [2.75, 3.05) is 9.80 Å². The van der Waals surface area contributed by atoms with Crippen LogP contribution in [0.1, 0.15) is 55.6 Å². The van der Waals surface area contributed by atoms with Crippen LogP contribution < -0.4 is 9.80 Å². The predicted molar refractivity (Wildman–Crippen MR) is 235 cm³/mol. The molecule has 0 bridgehead atoms. The van der Waals surface area contributed by atoms with E-state index in [1.807, 2.05) is 0 Å². The SMILES string of the molecule is Cc1ccc(N(c2ccc(/C=C/c3ccc(/C=C/c4ccc(N(c5ccc(C)cc5)c5ccc(C)cc5C)cc4)cc3)cc2)c2ccc(C)cc2C)cc1. The second-order valence-corrected chi connectivity index (χ2v) is 14.4. The van der Waals surface area contributed by atoms with Gasteiger partial charge in [-0.1, -0.05) is 144 Å². The standard InChI is InChI=1S/C52H48N2/c1-37-7-25-47(26-8-37)53(51-33-11-39(3)35-41(51)5)49-29-21-45(22-30-49)19-17-43-13-15-44(16-14-43)18-20-46-23-31-50(32-24-46)54(48-27-9-38(2)10-28-48)52-34-12-40(4)36-42(52)6/h7-36H,1-6H3/b19-17+,20-18+. The van der Waals surface area contributed by atoms with Gasteiger partial charge < -0.3 is 9.80 Å². The van der Waals surface area contributed by atoms with Gasteiger partial charge in [-0.05, 0) is 136 Å². The van der Waals surface area contributed by atoms with Crippen molar-refractivity contribution < 1.29 is 0 Å². The van der Waals surface area contributed by atoms with Crippen molar-refractivity contribution in [1.29, 1.82) is 0 Å². The molecule has 0 heterocycles. The highest BCUT2D eigenvalue weighted by Gasteiger charge is 2.16. The third-order valence-electron chi connectivity index (χ3n) is 9.95. The van der Waals surface area contributed by atoms with Gasteiger partial charge in [-0.15, -0.1) is 0 Å². The van der Waals surface area contributed by atoms with Crippen molar-refractivity contribution in [3.63, 3.8) is 0 Å². The lowest BCUT2D eigenvalue weighted by molar-refractivity contribution is 1.23. The van der Waals surface area contributed by atoms with Crippen LogP contribution in [0.2, 0.25) is 0 Å². The molecule has 54 heavy (non-hydrogen) atoms. The molecule has 0 unspecified atom stereocenters. The molecule has 0 atom stereocenters. The average Bonchev–Trinajstić information content (AvgIpc) is 3.18. The molecule has 7 aromatic carbocycles. The molecule has 0 aromatic heterocycles. The summed E-state index contributed by atoms with van der Waals surface area (Å²) in [5.74, 6) is 0. The fourth-order valence-electron chi connectivity index (χ4n) is 6.93. The van der Waals surface area contributed by atoms with Crippen LogP contribution in [0.3, 0.4) is 0 Å². The van der Waals surface area contributed by atoms with Gasteiger partial charge in [0.1, 0.15) is 0 Å². The highest BCUT2D eigenvalue weighted by atomic mass is 15.1. The fraction of sp³-hybridized carbons (Fsp3) is 0.115. The summed E-state index contributed by atoms with van der Waals surface area (Å²) in [5.41, 5.74) is 19.2. The van der Waals surface area contributed by atoms with E-state index in [9.17, 15) is 0 Å². The van der Waals surface area contributed by atoms with Crippen molar-refractivity contribution in [2.24, 2.45) is 0 Å². The van der Waals surface area contributed by atoms with Crippen molar-refractivity contribution in [1.82, 2.24) is 0 Å². The van der Waals surface area contributed by atoms with E-state index in [0.29, 0.717) is 0 Å². The highest BCUT2D eigenvalue weighted by Crippen LogP contribution is 2.38. The smallest absolute Gasteiger partial charge is 0.0490 e. The molecule has 0 N–H and O–H groups in total. The molecule has 2 heteroatoms. The lowest BCUT2D eigenvalue weighted by atomic mass is 10.1. The summed E-state index contributed by atoms with van der Waals surface area (Å²) in [5, 5.41) is 0. The molecule has 0 amide bonds. The summed E-state index contributed by atoms with van der Waals surface area (Å²) in [6.07, 6.45) is 8.72. The molecular weight excluding hydrogens is 653 g/mol.